The van der Waals surface area contributed by atoms with Gasteiger partial charge in [-0.05, 0) is 30.2 Å². The molecule has 0 aromatic heterocycles. The van der Waals surface area contributed by atoms with E-state index in [1.165, 1.54) is 32.4 Å². The van der Waals surface area contributed by atoms with Crippen molar-refractivity contribution in [2.45, 2.75) is 24.9 Å². The number of ether oxygens (including phenoxy) is 2. The number of sulfonamides is 1. The lowest BCUT2D eigenvalue weighted by Crippen LogP contribution is -2.40. The molecule has 0 atom stereocenters. The van der Waals surface area contributed by atoms with Gasteiger partial charge in [-0.15, -0.1) is 0 Å². The summed E-state index contributed by atoms with van der Waals surface area (Å²) in [6.07, 6.45) is 0. The van der Waals surface area contributed by atoms with E-state index in [1.807, 2.05) is 61.5 Å². The highest BCUT2D eigenvalue weighted by Gasteiger charge is 2.28. The molecule has 0 unspecified atom stereocenters. The molecule has 0 saturated heterocycles. The highest BCUT2D eigenvalue weighted by Crippen LogP contribution is 2.31. The van der Waals surface area contributed by atoms with Gasteiger partial charge in [0.05, 0.1) is 25.7 Å². The third kappa shape index (κ3) is 6.34. The number of aryl methyl sites for hydroxylation is 1. The largest absolute Gasteiger partial charge is 0.493 e. The van der Waals surface area contributed by atoms with Gasteiger partial charge in [0.2, 0.25) is 15.9 Å². The first-order chi connectivity index (χ1) is 15.8. The molecule has 0 aliphatic rings. The SMILES string of the molecule is COc1ccc(S(=O)(=O)N(CC(=O)NCc2cccc(C)c2)Cc2ccccc2)cc1OC. The Kier molecular flexibility index (Phi) is 8.08. The summed E-state index contributed by atoms with van der Waals surface area (Å²) in [6.45, 7) is 2.02. The van der Waals surface area contributed by atoms with E-state index < -0.39 is 15.9 Å². The van der Waals surface area contributed by atoms with Crippen molar-refractivity contribution in [2.24, 2.45) is 0 Å². The fraction of sp³-hybridized carbons (Fsp3) is 0.240. The van der Waals surface area contributed by atoms with Crippen LogP contribution in [0, 0.1) is 6.92 Å². The van der Waals surface area contributed by atoms with Crippen LogP contribution in [0.5, 0.6) is 11.5 Å². The Bertz CT molecular complexity index is 1200. The molecule has 0 spiro atoms. The Morgan fingerprint density at radius 2 is 1.58 bits per heavy atom. The van der Waals surface area contributed by atoms with Crippen LogP contribution in [0.2, 0.25) is 0 Å². The molecule has 3 rings (SSSR count). The molecule has 0 heterocycles. The Morgan fingerprint density at radius 3 is 2.24 bits per heavy atom. The van der Waals surface area contributed by atoms with Crippen LogP contribution in [0.15, 0.2) is 77.7 Å². The molecule has 0 aliphatic heterocycles. The molecular weight excluding hydrogens is 440 g/mol. The van der Waals surface area contributed by atoms with Gasteiger partial charge in [-0.25, -0.2) is 8.42 Å². The average molecular weight is 469 g/mol. The fourth-order valence-electron chi connectivity index (χ4n) is 3.38. The molecule has 3 aromatic carbocycles. The number of rotatable bonds is 10. The van der Waals surface area contributed by atoms with E-state index in [2.05, 4.69) is 5.32 Å². The summed E-state index contributed by atoms with van der Waals surface area (Å²) < 4.78 is 38.6. The molecule has 0 fully saturated rings. The molecule has 0 bridgehead atoms. The predicted octanol–water partition coefficient (Wildman–Crippen LogP) is 3.52. The summed E-state index contributed by atoms with van der Waals surface area (Å²) in [6, 6.07) is 21.3. The highest BCUT2D eigenvalue weighted by atomic mass is 32.2. The molecule has 0 saturated carbocycles. The average Bonchev–Trinajstić information content (AvgIpc) is 2.82. The van der Waals surface area contributed by atoms with E-state index in [0.717, 1.165) is 21.0 Å². The Labute approximate surface area is 195 Å². The quantitative estimate of drug-likeness (QED) is 0.492. The zero-order chi connectivity index (χ0) is 23.8. The molecule has 0 radical (unpaired) electrons. The molecule has 7 nitrogen and oxygen atoms in total. The van der Waals surface area contributed by atoms with Crippen LogP contribution in [0.25, 0.3) is 0 Å². The van der Waals surface area contributed by atoms with Crippen molar-refractivity contribution in [2.75, 3.05) is 20.8 Å². The summed E-state index contributed by atoms with van der Waals surface area (Å²) in [5.41, 5.74) is 2.80. The highest BCUT2D eigenvalue weighted by molar-refractivity contribution is 7.89. The van der Waals surface area contributed by atoms with Gasteiger partial charge >= 0.3 is 0 Å². The van der Waals surface area contributed by atoms with Crippen molar-refractivity contribution < 1.29 is 22.7 Å². The minimum atomic E-state index is -4.00. The maximum Gasteiger partial charge on any atom is 0.243 e. The molecule has 8 heteroatoms. The Hall–Kier alpha value is -3.36. The molecule has 3 aromatic rings. The second kappa shape index (κ2) is 11.0. The van der Waals surface area contributed by atoms with E-state index in [1.54, 1.807) is 0 Å². The van der Waals surface area contributed by atoms with Crippen LogP contribution in [0.3, 0.4) is 0 Å². The van der Waals surface area contributed by atoms with Crippen molar-refractivity contribution in [1.82, 2.24) is 9.62 Å². The van der Waals surface area contributed by atoms with Gasteiger partial charge in [-0.1, -0.05) is 60.2 Å². The number of carbonyl (C=O) groups is 1. The zero-order valence-corrected chi connectivity index (χ0v) is 19.8. The van der Waals surface area contributed by atoms with Gasteiger partial charge in [0, 0.05) is 19.2 Å². The summed E-state index contributed by atoms with van der Waals surface area (Å²) in [5, 5.41) is 2.82. The van der Waals surface area contributed by atoms with E-state index in [0.29, 0.717) is 18.0 Å². The van der Waals surface area contributed by atoms with Crippen LogP contribution in [0.1, 0.15) is 16.7 Å². The van der Waals surface area contributed by atoms with Crippen LogP contribution in [-0.4, -0.2) is 39.4 Å². The summed E-state index contributed by atoms with van der Waals surface area (Å²) >= 11 is 0. The first-order valence-corrected chi connectivity index (χ1v) is 11.9. The van der Waals surface area contributed by atoms with Crippen LogP contribution in [-0.2, 0) is 27.9 Å². The third-order valence-electron chi connectivity index (χ3n) is 5.09. The van der Waals surface area contributed by atoms with Crippen molar-refractivity contribution in [1.29, 1.82) is 0 Å². The second-order valence-corrected chi connectivity index (χ2v) is 9.48. The van der Waals surface area contributed by atoms with Crippen molar-refractivity contribution >= 4 is 15.9 Å². The summed E-state index contributed by atoms with van der Waals surface area (Å²) in [4.78, 5) is 12.8. The number of carbonyl (C=O) groups excluding carboxylic acids is 1. The van der Waals surface area contributed by atoms with Gasteiger partial charge < -0.3 is 14.8 Å². The molecule has 1 amide bonds. The topological polar surface area (TPSA) is 84.9 Å². The number of methoxy groups -OCH3 is 2. The van der Waals surface area contributed by atoms with Gasteiger partial charge in [0.25, 0.3) is 0 Å². The monoisotopic (exact) mass is 468 g/mol. The standard InChI is InChI=1S/C25H28N2O5S/c1-19-8-7-11-21(14-19)16-26-25(28)18-27(17-20-9-5-4-6-10-20)33(29,30)22-12-13-23(31-2)24(15-22)32-3/h4-15H,16-18H2,1-3H3,(H,26,28). The number of hydrogen-bond acceptors (Lipinski definition) is 5. The first-order valence-electron chi connectivity index (χ1n) is 10.4. The molecular formula is C25H28N2O5S. The van der Waals surface area contributed by atoms with Crippen molar-refractivity contribution in [3.63, 3.8) is 0 Å². The van der Waals surface area contributed by atoms with E-state index in [-0.39, 0.29) is 18.0 Å². The Balaban J connectivity index is 1.84. The third-order valence-corrected chi connectivity index (χ3v) is 6.87. The van der Waals surface area contributed by atoms with Gasteiger partial charge in [-0.3, -0.25) is 4.79 Å². The number of benzene rings is 3. The van der Waals surface area contributed by atoms with Crippen LogP contribution >= 0.6 is 0 Å². The minimum Gasteiger partial charge on any atom is -0.493 e. The van der Waals surface area contributed by atoms with E-state index in [9.17, 15) is 13.2 Å². The van der Waals surface area contributed by atoms with Gasteiger partial charge in [0.15, 0.2) is 11.5 Å². The summed E-state index contributed by atoms with van der Waals surface area (Å²) in [7, 11) is -1.09. The lowest BCUT2D eigenvalue weighted by atomic mass is 10.1. The molecule has 0 aliphatic carbocycles. The second-order valence-electron chi connectivity index (χ2n) is 7.54. The maximum atomic E-state index is 13.5. The molecule has 1 N–H and O–H groups in total. The number of hydrogen-bond donors (Lipinski definition) is 1. The summed E-state index contributed by atoms with van der Waals surface area (Å²) in [5.74, 6) is 0.320. The lowest BCUT2D eigenvalue weighted by molar-refractivity contribution is -0.121. The smallest absolute Gasteiger partial charge is 0.243 e. The van der Waals surface area contributed by atoms with Crippen molar-refractivity contribution in [3.8, 4) is 11.5 Å². The van der Waals surface area contributed by atoms with Crippen molar-refractivity contribution in [3.05, 3.63) is 89.5 Å². The number of nitrogens with zero attached hydrogens (tertiary/aromatic N) is 1. The number of amides is 1. The van der Waals surface area contributed by atoms with Gasteiger partial charge in [-0.2, -0.15) is 4.31 Å². The maximum absolute atomic E-state index is 13.5. The van der Waals surface area contributed by atoms with Crippen LogP contribution in [0.4, 0.5) is 0 Å². The lowest BCUT2D eigenvalue weighted by Gasteiger charge is -2.22. The first kappa shape index (κ1) is 24.3. The minimum absolute atomic E-state index is 0.0163. The number of nitrogens with one attached hydrogen (secondary N) is 1. The Morgan fingerprint density at radius 1 is 0.879 bits per heavy atom. The molecule has 33 heavy (non-hydrogen) atoms. The normalized spacial score (nSPS) is 11.3. The predicted molar refractivity (Wildman–Crippen MR) is 127 cm³/mol. The fourth-order valence-corrected chi connectivity index (χ4v) is 4.78. The molecule has 174 valence electrons. The van der Waals surface area contributed by atoms with E-state index in [4.69, 9.17) is 9.47 Å². The van der Waals surface area contributed by atoms with Crippen LogP contribution < -0.4 is 14.8 Å². The zero-order valence-electron chi connectivity index (χ0n) is 18.9. The van der Waals surface area contributed by atoms with Gasteiger partial charge in [0.1, 0.15) is 0 Å². The van der Waals surface area contributed by atoms with E-state index >= 15 is 0 Å².